The van der Waals surface area contributed by atoms with E-state index in [1.807, 2.05) is 6.92 Å². The second kappa shape index (κ2) is 7.90. The average Bonchev–Trinajstić information content (AvgIpc) is 2.23. The van der Waals surface area contributed by atoms with Gasteiger partial charge in [0.1, 0.15) is 5.60 Å². The molecule has 0 heterocycles. The molecule has 0 N–H and O–H groups in total. The summed E-state index contributed by atoms with van der Waals surface area (Å²) in [4.78, 5) is 23.4. The monoisotopic (exact) mass is 256 g/mol. The van der Waals surface area contributed by atoms with E-state index in [-0.39, 0.29) is 11.5 Å². The van der Waals surface area contributed by atoms with Crippen molar-refractivity contribution in [3.8, 4) is 0 Å². The number of ether oxygens (including phenoxy) is 2. The zero-order valence-electron chi connectivity index (χ0n) is 12.0. The van der Waals surface area contributed by atoms with E-state index < -0.39 is 11.6 Å². The van der Waals surface area contributed by atoms with Crippen LogP contribution in [0.4, 0.5) is 0 Å². The predicted molar refractivity (Wildman–Crippen MR) is 70.1 cm³/mol. The fourth-order valence-corrected chi connectivity index (χ4v) is 1.21. The number of unbranched alkanes of at least 4 members (excludes halogenated alkanes) is 1. The fraction of sp³-hybridized carbons (Fsp3) is 0.714. The number of ketones is 1. The van der Waals surface area contributed by atoms with Gasteiger partial charge in [-0.25, -0.2) is 4.79 Å². The maximum Gasteiger partial charge on any atom is 0.374 e. The summed E-state index contributed by atoms with van der Waals surface area (Å²) in [5.74, 6) is -0.700. The Morgan fingerprint density at radius 1 is 1.17 bits per heavy atom. The van der Waals surface area contributed by atoms with Crippen LogP contribution in [-0.2, 0) is 19.1 Å². The van der Waals surface area contributed by atoms with Crippen molar-refractivity contribution in [2.75, 3.05) is 6.61 Å². The first-order chi connectivity index (χ1) is 8.30. The third kappa shape index (κ3) is 7.87. The van der Waals surface area contributed by atoms with E-state index in [1.54, 1.807) is 27.7 Å². The smallest absolute Gasteiger partial charge is 0.374 e. The maximum absolute atomic E-state index is 11.8. The summed E-state index contributed by atoms with van der Waals surface area (Å²) in [6, 6.07) is 0. The molecule has 0 radical (unpaired) electrons. The molecule has 0 aliphatic heterocycles. The molecule has 0 aliphatic carbocycles. The highest BCUT2D eigenvalue weighted by Crippen LogP contribution is 2.12. The van der Waals surface area contributed by atoms with Gasteiger partial charge in [-0.3, -0.25) is 4.79 Å². The van der Waals surface area contributed by atoms with Crippen LogP contribution >= 0.6 is 0 Å². The largest absolute Gasteiger partial charge is 0.487 e. The Bertz CT molecular complexity index is 310. The molecule has 4 heteroatoms. The van der Waals surface area contributed by atoms with Gasteiger partial charge in [-0.15, -0.1) is 0 Å². The molecule has 0 saturated carbocycles. The van der Waals surface area contributed by atoms with Crippen LogP contribution in [0.3, 0.4) is 0 Å². The number of carbonyl (C=O) groups excluding carboxylic acids is 2. The van der Waals surface area contributed by atoms with Crippen molar-refractivity contribution in [1.29, 1.82) is 0 Å². The standard InChI is InChI=1S/C14H24O4/c1-6-8-9-11(15)10-12(17-7-2)13(16)18-14(3,4)5/h10H,6-9H2,1-5H3. The molecule has 0 fully saturated rings. The number of hydrogen-bond donors (Lipinski definition) is 0. The quantitative estimate of drug-likeness (QED) is 0.399. The van der Waals surface area contributed by atoms with Gasteiger partial charge in [0, 0.05) is 12.5 Å². The van der Waals surface area contributed by atoms with Gasteiger partial charge in [-0.2, -0.15) is 0 Å². The molecule has 0 unspecified atom stereocenters. The normalized spacial score (nSPS) is 12.2. The topological polar surface area (TPSA) is 52.6 Å². The molecule has 104 valence electrons. The minimum Gasteiger partial charge on any atom is -0.487 e. The Morgan fingerprint density at radius 2 is 1.78 bits per heavy atom. The van der Waals surface area contributed by atoms with Gasteiger partial charge in [-0.05, 0) is 34.1 Å². The van der Waals surface area contributed by atoms with E-state index in [9.17, 15) is 9.59 Å². The lowest BCUT2D eigenvalue weighted by molar-refractivity contribution is -0.154. The number of esters is 1. The molecule has 0 aromatic rings. The summed E-state index contributed by atoms with van der Waals surface area (Å²) < 4.78 is 10.3. The fourth-order valence-electron chi connectivity index (χ4n) is 1.21. The van der Waals surface area contributed by atoms with E-state index in [4.69, 9.17) is 9.47 Å². The SMILES string of the molecule is CCCCC(=O)C=C(OCC)C(=O)OC(C)(C)C. The van der Waals surface area contributed by atoms with E-state index >= 15 is 0 Å². The Labute approximate surface area is 109 Å². The van der Waals surface area contributed by atoms with Crippen molar-refractivity contribution >= 4 is 11.8 Å². The first kappa shape index (κ1) is 16.7. The number of hydrogen-bond acceptors (Lipinski definition) is 4. The van der Waals surface area contributed by atoms with E-state index in [2.05, 4.69) is 0 Å². The molecule has 18 heavy (non-hydrogen) atoms. The number of rotatable bonds is 7. The van der Waals surface area contributed by atoms with Crippen LogP contribution < -0.4 is 0 Å². The second-order valence-corrected chi connectivity index (χ2v) is 5.01. The summed E-state index contributed by atoms with van der Waals surface area (Å²) in [7, 11) is 0. The molecule has 0 spiro atoms. The summed E-state index contributed by atoms with van der Waals surface area (Å²) >= 11 is 0. The van der Waals surface area contributed by atoms with Crippen LogP contribution in [0.5, 0.6) is 0 Å². The Morgan fingerprint density at radius 3 is 2.22 bits per heavy atom. The van der Waals surface area contributed by atoms with Gasteiger partial charge in [0.15, 0.2) is 5.78 Å². The van der Waals surface area contributed by atoms with Crippen LogP contribution in [0.25, 0.3) is 0 Å². The van der Waals surface area contributed by atoms with Crippen molar-refractivity contribution in [2.24, 2.45) is 0 Å². The summed E-state index contributed by atoms with van der Waals surface area (Å²) in [6.07, 6.45) is 3.42. The molecule has 0 aromatic carbocycles. The highest BCUT2D eigenvalue weighted by Gasteiger charge is 2.21. The lowest BCUT2D eigenvalue weighted by Gasteiger charge is -2.20. The van der Waals surface area contributed by atoms with Gasteiger partial charge in [0.2, 0.25) is 5.76 Å². The zero-order chi connectivity index (χ0) is 14.2. The van der Waals surface area contributed by atoms with Gasteiger partial charge < -0.3 is 9.47 Å². The van der Waals surface area contributed by atoms with Crippen LogP contribution in [0.15, 0.2) is 11.8 Å². The van der Waals surface area contributed by atoms with Gasteiger partial charge in [0.25, 0.3) is 0 Å². The molecule has 0 aliphatic rings. The van der Waals surface area contributed by atoms with Crippen molar-refractivity contribution < 1.29 is 19.1 Å². The maximum atomic E-state index is 11.8. The van der Waals surface area contributed by atoms with Crippen LogP contribution in [-0.4, -0.2) is 24.0 Å². The van der Waals surface area contributed by atoms with Crippen molar-refractivity contribution in [2.45, 2.75) is 59.5 Å². The third-order valence-electron chi connectivity index (χ3n) is 1.97. The van der Waals surface area contributed by atoms with Crippen LogP contribution in [0, 0.1) is 0 Å². The van der Waals surface area contributed by atoms with Gasteiger partial charge in [0.05, 0.1) is 6.61 Å². The Balaban J connectivity index is 4.68. The Hall–Kier alpha value is -1.32. The first-order valence-electron chi connectivity index (χ1n) is 6.40. The molecule has 4 nitrogen and oxygen atoms in total. The number of carbonyl (C=O) groups is 2. The highest BCUT2D eigenvalue weighted by molar-refractivity contribution is 5.98. The molecule has 0 rings (SSSR count). The molecular weight excluding hydrogens is 232 g/mol. The average molecular weight is 256 g/mol. The number of allylic oxidation sites excluding steroid dienone is 1. The summed E-state index contributed by atoms with van der Waals surface area (Å²) in [5.41, 5.74) is -0.597. The second-order valence-electron chi connectivity index (χ2n) is 5.01. The van der Waals surface area contributed by atoms with Crippen molar-refractivity contribution in [1.82, 2.24) is 0 Å². The lowest BCUT2D eigenvalue weighted by atomic mass is 10.1. The Kier molecular flexibility index (Phi) is 7.32. The molecule has 0 atom stereocenters. The molecule has 0 saturated heterocycles. The van der Waals surface area contributed by atoms with Crippen molar-refractivity contribution in [3.05, 3.63) is 11.8 Å². The third-order valence-corrected chi connectivity index (χ3v) is 1.97. The van der Waals surface area contributed by atoms with E-state index in [0.717, 1.165) is 12.8 Å². The predicted octanol–water partition coefficient (Wildman–Crippen LogP) is 3.01. The lowest BCUT2D eigenvalue weighted by Crippen LogP contribution is -2.26. The van der Waals surface area contributed by atoms with Gasteiger partial charge in [-0.1, -0.05) is 13.3 Å². The van der Waals surface area contributed by atoms with E-state index in [0.29, 0.717) is 13.0 Å². The summed E-state index contributed by atoms with van der Waals surface area (Å²) in [5, 5.41) is 0. The van der Waals surface area contributed by atoms with Crippen LogP contribution in [0.2, 0.25) is 0 Å². The summed E-state index contributed by atoms with van der Waals surface area (Å²) in [6.45, 7) is 9.41. The minimum atomic E-state index is -0.597. The first-order valence-corrected chi connectivity index (χ1v) is 6.40. The van der Waals surface area contributed by atoms with E-state index in [1.165, 1.54) is 6.08 Å². The molecule has 0 aromatic heterocycles. The van der Waals surface area contributed by atoms with Crippen LogP contribution in [0.1, 0.15) is 53.9 Å². The molecular formula is C14H24O4. The van der Waals surface area contributed by atoms with Gasteiger partial charge >= 0.3 is 5.97 Å². The molecule has 0 amide bonds. The van der Waals surface area contributed by atoms with Crippen molar-refractivity contribution in [3.63, 3.8) is 0 Å². The zero-order valence-corrected chi connectivity index (χ0v) is 12.0. The highest BCUT2D eigenvalue weighted by atomic mass is 16.6. The molecule has 0 bridgehead atoms. The minimum absolute atomic E-state index is 0.00599.